The molecule has 0 bridgehead atoms. The number of carbonyl (C=O) groups excluding carboxylic acids is 1. The van der Waals surface area contributed by atoms with Crippen LogP contribution in [-0.4, -0.2) is 16.4 Å². The maximum Gasteiger partial charge on any atom is 0.211 e. The summed E-state index contributed by atoms with van der Waals surface area (Å²) in [4.78, 5) is 18.2. The maximum atomic E-state index is 12.7. The van der Waals surface area contributed by atoms with E-state index in [9.17, 15) is 9.18 Å². The Bertz CT molecular complexity index is 726. The van der Waals surface area contributed by atoms with Gasteiger partial charge in [0.25, 0.3) is 0 Å². The van der Waals surface area contributed by atoms with Crippen molar-refractivity contribution in [1.29, 1.82) is 0 Å². The Morgan fingerprint density at radius 2 is 1.52 bits per heavy atom. The molecule has 0 radical (unpaired) electrons. The van der Waals surface area contributed by atoms with Gasteiger partial charge in [-0.25, -0.2) is 14.4 Å². The second-order valence-electron chi connectivity index (χ2n) is 4.67. The minimum Gasteiger partial charge on any atom is -0.329 e. The topological polar surface area (TPSA) is 54.9 Å². The van der Waals surface area contributed by atoms with Crippen molar-refractivity contribution in [1.82, 2.24) is 9.97 Å². The van der Waals surface area contributed by atoms with Gasteiger partial charge in [-0.2, -0.15) is 0 Å². The fraction of sp³-hybridized carbons (Fsp3) is 0.150. The third-order valence-corrected chi connectivity index (χ3v) is 2.99. The Balaban J connectivity index is 0.000000585. The second kappa shape index (κ2) is 11.5. The molecule has 4 nitrogen and oxygen atoms in total. The summed E-state index contributed by atoms with van der Waals surface area (Å²) < 4.78 is 12.7. The molecule has 25 heavy (non-hydrogen) atoms. The molecule has 0 aliphatic rings. The van der Waals surface area contributed by atoms with E-state index in [0.29, 0.717) is 17.9 Å². The Morgan fingerprint density at radius 1 is 1.00 bits per heavy atom. The predicted molar refractivity (Wildman–Crippen MR) is 102 cm³/mol. The van der Waals surface area contributed by atoms with Gasteiger partial charge in [0, 0.05) is 12.7 Å². The minimum atomic E-state index is -0.478. The quantitative estimate of drug-likeness (QED) is 0.673. The third kappa shape index (κ3) is 6.91. The van der Waals surface area contributed by atoms with E-state index in [2.05, 4.69) is 15.3 Å². The van der Waals surface area contributed by atoms with Crippen molar-refractivity contribution in [2.45, 2.75) is 20.8 Å². The SMILES string of the molecule is CC.Cc1ccc(NC=O)cc1-c1ncc(F)cn1.[HH].c1ccccc1. The van der Waals surface area contributed by atoms with Crippen LogP contribution in [0.25, 0.3) is 11.4 Å². The normalized spacial score (nSPS) is 8.96. The molecule has 0 saturated heterocycles. The van der Waals surface area contributed by atoms with Gasteiger partial charge in [-0.3, -0.25) is 4.79 Å². The van der Waals surface area contributed by atoms with Crippen molar-refractivity contribution in [3.05, 3.63) is 78.4 Å². The fourth-order valence-electron chi connectivity index (χ4n) is 1.86. The monoisotopic (exact) mass is 341 g/mol. The fourth-order valence-corrected chi connectivity index (χ4v) is 1.86. The van der Waals surface area contributed by atoms with Crippen molar-refractivity contribution in [2.75, 3.05) is 5.32 Å². The van der Waals surface area contributed by atoms with E-state index in [0.717, 1.165) is 23.5 Å². The molecule has 5 heteroatoms. The van der Waals surface area contributed by atoms with E-state index in [1.807, 2.05) is 63.2 Å². The van der Waals surface area contributed by atoms with E-state index in [1.165, 1.54) is 0 Å². The summed E-state index contributed by atoms with van der Waals surface area (Å²) in [6.07, 6.45) is 2.82. The zero-order valence-corrected chi connectivity index (χ0v) is 14.6. The van der Waals surface area contributed by atoms with Crippen LogP contribution < -0.4 is 5.32 Å². The number of rotatable bonds is 3. The molecular formula is C20H24FN3O. The highest BCUT2D eigenvalue weighted by atomic mass is 19.1. The van der Waals surface area contributed by atoms with Crippen molar-refractivity contribution in [3.8, 4) is 11.4 Å². The Labute approximate surface area is 149 Å². The summed E-state index contributed by atoms with van der Waals surface area (Å²) >= 11 is 0. The number of anilines is 1. The molecule has 1 amide bonds. The first kappa shape index (κ1) is 20.0. The first-order valence-electron chi connectivity index (χ1n) is 7.99. The number of nitrogens with zero attached hydrogens (tertiary/aromatic N) is 2. The van der Waals surface area contributed by atoms with Crippen LogP contribution in [0.3, 0.4) is 0 Å². The summed E-state index contributed by atoms with van der Waals surface area (Å²) in [5, 5.41) is 2.55. The van der Waals surface area contributed by atoms with Crippen LogP contribution in [0.2, 0.25) is 0 Å². The largest absolute Gasteiger partial charge is 0.329 e. The van der Waals surface area contributed by atoms with E-state index >= 15 is 0 Å². The third-order valence-electron chi connectivity index (χ3n) is 2.99. The van der Waals surface area contributed by atoms with Gasteiger partial charge in [0.15, 0.2) is 11.6 Å². The van der Waals surface area contributed by atoms with Crippen molar-refractivity contribution in [3.63, 3.8) is 0 Å². The number of nitrogens with one attached hydrogen (secondary N) is 1. The molecule has 0 aliphatic carbocycles. The number of aromatic nitrogens is 2. The predicted octanol–water partition coefficient (Wildman–Crippen LogP) is 5.12. The Morgan fingerprint density at radius 3 is 2.00 bits per heavy atom. The molecule has 0 saturated carbocycles. The lowest BCUT2D eigenvalue weighted by Crippen LogP contribution is -1.97. The van der Waals surface area contributed by atoms with Crippen LogP contribution in [0.15, 0.2) is 67.0 Å². The summed E-state index contributed by atoms with van der Waals surface area (Å²) in [5.74, 6) is -0.0491. The van der Waals surface area contributed by atoms with Gasteiger partial charge >= 0.3 is 0 Å². The molecule has 1 N–H and O–H groups in total. The molecule has 0 fully saturated rings. The van der Waals surface area contributed by atoms with Crippen LogP contribution >= 0.6 is 0 Å². The molecule has 3 rings (SSSR count). The lowest BCUT2D eigenvalue weighted by atomic mass is 10.1. The first-order valence-corrected chi connectivity index (χ1v) is 7.99. The molecule has 1 heterocycles. The molecule has 1 aromatic heterocycles. The van der Waals surface area contributed by atoms with Gasteiger partial charge in [-0.05, 0) is 24.6 Å². The van der Waals surface area contributed by atoms with Crippen molar-refractivity contribution in [2.24, 2.45) is 0 Å². The smallest absolute Gasteiger partial charge is 0.211 e. The molecule has 0 atom stereocenters. The highest BCUT2D eigenvalue weighted by molar-refractivity contribution is 5.75. The highest BCUT2D eigenvalue weighted by Gasteiger charge is 2.06. The summed E-state index contributed by atoms with van der Waals surface area (Å²) in [6.45, 7) is 5.90. The van der Waals surface area contributed by atoms with Crippen LogP contribution in [-0.2, 0) is 4.79 Å². The Hall–Kier alpha value is -3.08. The van der Waals surface area contributed by atoms with Gasteiger partial charge < -0.3 is 5.32 Å². The van der Waals surface area contributed by atoms with Crippen LogP contribution in [0.4, 0.5) is 10.1 Å². The summed E-state index contributed by atoms with van der Waals surface area (Å²) in [5.41, 5.74) is 2.36. The van der Waals surface area contributed by atoms with E-state index in [4.69, 9.17) is 0 Å². The summed E-state index contributed by atoms with van der Waals surface area (Å²) in [6, 6.07) is 17.4. The number of hydrogen-bond acceptors (Lipinski definition) is 3. The number of amides is 1. The number of carbonyl (C=O) groups is 1. The lowest BCUT2D eigenvalue weighted by molar-refractivity contribution is -0.105. The molecule has 0 spiro atoms. The number of hydrogen-bond donors (Lipinski definition) is 1. The molecule has 2 aromatic carbocycles. The minimum absolute atomic E-state index is 0. The zero-order valence-electron chi connectivity index (χ0n) is 14.6. The van der Waals surface area contributed by atoms with Crippen LogP contribution in [0.1, 0.15) is 20.8 Å². The lowest BCUT2D eigenvalue weighted by Gasteiger charge is -2.06. The van der Waals surface area contributed by atoms with Gasteiger partial charge in [-0.1, -0.05) is 56.3 Å². The van der Waals surface area contributed by atoms with Gasteiger partial charge in [0.05, 0.1) is 12.4 Å². The maximum absolute atomic E-state index is 12.7. The van der Waals surface area contributed by atoms with E-state index in [1.54, 1.807) is 12.1 Å². The summed E-state index contributed by atoms with van der Waals surface area (Å²) in [7, 11) is 0. The average molecular weight is 341 g/mol. The van der Waals surface area contributed by atoms with Gasteiger partial charge in [0.2, 0.25) is 6.41 Å². The molecular weight excluding hydrogens is 317 g/mol. The van der Waals surface area contributed by atoms with Crippen LogP contribution in [0.5, 0.6) is 0 Å². The van der Waals surface area contributed by atoms with Crippen molar-refractivity contribution < 1.29 is 10.6 Å². The molecule has 132 valence electrons. The number of benzene rings is 2. The zero-order chi connectivity index (χ0) is 18.5. The van der Waals surface area contributed by atoms with Gasteiger partial charge in [0.1, 0.15) is 0 Å². The van der Waals surface area contributed by atoms with E-state index < -0.39 is 5.82 Å². The molecule has 0 aliphatic heterocycles. The molecule has 3 aromatic rings. The van der Waals surface area contributed by atoms with Crippen molar-refractivity contribution >= 4 is 12.1 Å². The molecule has 0 unspecified atom stereocenters. The standard InChI is InChI=1S/C12H10FN3O.C6H6.C2H6.H2/c1-8-2-3-10(16-7-17)4-11(8)12-14-5-9(13)6-15-12;1-2-4-6-5-3-1;1-2;/h2-7H,1H3,(H,16,17);1-6H;1-2H3;1H. The first-order chi connectivity index (χ1) is 12.2. The number of halogens is 1. The Kier molecular flexibility index (Phi) is 9.15. The average Bonchev–Trinajstić information content (AvgIpc) is 2.68. The number of aryl methyl sites for hydroxylation is 1. The van der Waals surface area contributed by atoms with E-state index in [-0.39, 0.29) is 1.43 Å². The highest BCUT2D eigenvalue weighted by Crippen LogP contribution is 2.23. The van der Waals surface area contributed by atoms with Gasteiger partial charge in [-0.15, -0.1) is 0 Å². The van der Waals surface area contributed by atoms with Crippen LogP contribution in [0, 0.1) is 12.7 Å². The second-order valence-corrected chi connectivity index (χ2v) is 4.67.